The molecule has 0 atom stereocenters. The van der Waals surface area contributed by atoms with Crippen LogP contribution in [0.2, 0.25) is 0 Å². The quantitative estimate of drug-likeness (QED) is 0.329. The Hall–Kier alpha value is -1.68. The molecule has 2 rings (SSSR count). The summed E-state index contributed by atoms with van der Waals surface area (Å²) in [5.74, 6) is 0.160. The van der Waals surface area contributed by atoms with Gasteiger partial charge in [0.05, 0.1) is 4.92 Å². The van der Waals surface area contributed by atoms with Crippen molar-refractivity contribution in [1.29, 1.82) is 0 Å². The molecule has 6 nitrogen and oxygen atoms in total. The summed E-state index contributed by atoms with van der Waals surface area (Å²) >= 11 is 2.03. The Bertz CT molecular complexity index is 804. The van der Waals surface area contributed by atoms with E-state index in [-0.39, 0.29) is 21.9 Å². The minimum atomic E-state index is -4.12. The molecule has 0 bridgehead atoms. The lowest BCUT2D eigenvalue weighted by atomic mass is 10.2. The van der Waals surface area contributed by atoms with Crippen LogP contribution in [0.15, 0.2) is 47.4 Å². The van der Waals surface area contributed by atoms with E-state index in [9.17, 15) is 18.5 Å². The summed E-state index contributed by atoms with van der Waals surface area (Å²) in [5.41, 5.74) is -0.213. The van der Waals surface area contributed by atoms with Crippen LogP contribution >= 0.6 is 22.6 Å². The van der Waals surface area contributed by atoms with E-state index in [4.69, 9.17) is 4.18 Å². The Morgan fingerprint density at radius 3 is 2.48 bits per heavy atom. The first-order valence-electron chi connectivity index (χ1n) is 5.75. The van der Waals surface area contributed by atoms with Crippen LogP contribution in [0.25, 0.3) is 0 Å². The number of hydrogen-bond donors (Lipinski definition) is 0. The number of nitro groups is 1. The zero-order valence-corrected chi connectivity index (χ0v) is 13.8. The first-order valence-corrected chi connectivity index (χ1v) is 8.24. The lowest BCUT2D eigenvalue weighted by molar-refractivity contribution is -0.385. The highest BCUT2D eigenvalue weighted by atomic mass is 127. The van der Waals surface area contributed by atoms with Crippen molar-refractivity contribution in [3.05, 3.63) is 61.7 Å². The maximum Gasteiger partial charge on any atom is 0.339 e. The molecule has 0 aliphatic heterocycles. The molecule has 110 valence electrons. The number of nitro benzene ring substituents is 1. The predicted molar refractivity (Wildman–Crippen MR) is 84.8 cm³/mol. The van der Waals surface area contributed by atoms with Gasteiger partial charge in [0, 0.05) is 15.2 Å². The molecular weight excluding hydrogens is 409 g/mol. The molecule has 2 aromatic rings. The fourth-order valence-corrected chi connectivity index (χ4v) is 3.45. The summed E-state index contributed by atoms with van der Waals surface area (Å²) in [6.45, 7) is 1.38. The van der Waals surface area contributed by atoms with Crippen LogP contribution in [-0.2, 0) is 10.1 Å². The Morgan fingerprint density at radius 2 is 1.86 bits per heavy atom. The first-order chi connectivity index (χ1) is 9.81. The Kier molecular flexibility index (Phi) is 4.47. The van der Waals surface area contributed by atoms with Gasteiger partial charge in [-0.05, 0) is 53.8 Å². The highest BCUT2D eigenvalue weighted by Gasteiger charge is 2.24. The SMILES string of the molecule is Cc1c([N+](=O)[O-])cccc1S(=O)(=O)Oc1cccc(I)c1. The van der Waals surface area contributed by atoms with Gasteiger partial charge in [0.2, 0.25) is 0 Å². The van der Waals surface area contributed by atoms with Crippen molar-refractivity contribution in [3.63, 3.8) is 0 Å². The first kappa shape index (κ1) is 15.7. The normalized spacial score (nSPS) is 11.1. The fraction of sp³-hybridized carbons (Fsp3) is 0.0769. The lowest BCUT2D eigenvalue weighted by Crippen LogP contribution is -2.12. The summed E-state index contributed by atoms with van der Waals surface area (Å²) < 4.78 is 30.4. The van der Waals surface area contributed by atoms with E-state index < -0.39 is 15.0 Å². The van der Waals surface area contributed by atoms with E-state index in [1.807, 2.05) is 22.6 Å². The van der Waals surface area contributed by atoms with Gasteiger partial charge in [0.25, 0.3) is 5.69 Å². The zero-order valence-electron chi connectivity index (χ0n) is 10.8. The molecule has 0 heterocycles. The molecule has 0 unspecified atom stereocenters. The zero-order chi connectivity index (χ0) is 15.6. The molecule has 0 spiro atoms. The van der Waals surface area contributed by atoms with E-state index in [2.05, 4.69) is 0 Å². The molecule has 0 aromatic heterocycles. The average molecular weight is 419 g/mol. The molecule has 0 aliphatic rings. The summed E-state index contributed by atoms with van der Waals surface area (Å²) in [4.78, 5) is 10.0. The minimum Gasteiger partial charge on any atom is -0.379 e. The highest BCUT2D eigenvalue weighted by Crippen LogP contribution is 2.27. The van der Waals surface area contributed by atoms with Crippen molar-refractivity contribution in [2.45, 2.75) is 11.8 Å². The molecule has 0 radical (unpaired) electrons. The van der Waals surface area contributed by atoms with Gasteiger partial charge >= 0.3 is 10.1 Å². The molecule has 0 fully saturated rings. The van der Waals surface area contributed by atoms with Crippen LogP contribution in [0.1, 0.15) is 5.56 Å². The molecule has 0 aliphatic carbocycles. The van der Waals surface area contributed by atoms with Crippen LogP contribution in [0, 0.1) is 20.6 Å². The number of rotatable bonds is 4. The molecule has 0 N–H and O–H groups in total. The Balaban J connectivity index is 2.45. The van der Waals surface area contributed by atoms with Gasteiger partial charge in [-0.25, -0.2) is 0 Å². The van der Waals surface area contributed by atoms with Gasteiger partial charge in [-0.1, -0.05) is 12.1 Å². The van der Waals surface area contributed by atoms with Crippen LogP contribution in [0.5, 0.6) is 5.75 Å². The van der Waals surface area contributed by atoms with Crippen molar-refractivity contribution >= 4 is 38.4 Å². The second-order valence-electron chi connectivity index (χ2n) is 4.15. The van der Waals surface area contributed by atoms with Gasteiger partial charge in [-0.15, -0.1) is 0 Å². The lowest BCUT2D eigenvalue weighted by Gasteiger charge is -2.09. The van der Waals surface area contributed by atoms with E-state index in [1.165, 1.54) is 31.2 Å². The molecular formula is C13H10INO5S. The maximum atomic E-state index is 12.3. The van der Waals surface area contributed by atoms with Gasteiger partial charge < -0.3 is 4.18 Å². The highest BCUT2D eigenvalue weighted by molar-refractivity contribution is 14.1. The second-order valence-corrected chi connectivity index (χ2v) is 6.91. The Labute approximate surface area is 135 Å². The molecule has 2 aromatic carbocycles. The van der Waals surface area contributed by atoms with Crippen LogP contribution in [0.4, 0.5) is 5.69 Å². The van der Waals surface area contributed by atoms with Crippen molar-refractivity contribution in [2.75, 3.05) is 0 Å². The van der Waals surface area contributed by atoms with E-state index in [1.54, 1.807) is 18.2 Å². The van der Waals surface area contributed by atoms with Gasteiger partial charge in [-0.3, -0.25) is 10.1 Å². The monoisotopic (exact) mass is 419 g/mol. The van der Waals surface area contributed by atoms with Crippen LogP contribution in [-0.4, -0.2) is 13.3 Å². The fourth-order valence-electron chi connectivity index (χ4n) is 1.76. The van der Waals surface area contributed by atoms with Crippen LogP contribution in [0.3, 0.4) is 0 Å². The van der Waals surface area contributed by atoms with Crippen molar-refractivity contribution in [3.8, 4) is 5.75 Å². The van der Waals surface area contributed by atoms with Gasteiger partial charge in [0.15, 0.2) is 0 Å². The van der Waals surface area contributed by atoms with Crippen molar-refractivity contribution < 1.29 is 17.5 Å². The molecule has 8 heteroatoms. The van der Waals surface area contributed by atoms with Crippen molar-refractivity contribution in [1.82, 2.24) is 0 Å². The number of halogens is 1. The largest absolute Gasteiger partial charge is 0.379 e. The molecule has 0 amide bonds. The third kappa shape index (κ3) is 3.50. The third-order valence-corrected chi connectivity index (χ3v) is 4.79. The van der Waals surface area contributed by atoms with Gasteiger partial charge in [-0.2, -0.15) is 8.42 Å². The van der Waals surface area contributed by atoms with Crippen LogP contribution < -0.4 is 4.18 Å². The molecule has 0 saturated carbocycles. The van der Waals surface area contributed by atoms with E-state index in [0.717, 1.165) is 3.57 Å². The average Bonchev–Trinajstić information content (AvgIpc) is 2.37. The van der Waals surface area contributed by atoms with Gasteiger partial charge in [0.1, 0.15) is 10.6 Å². The second kappa shape index (κ2) is 5.98. The summed E-state index contributed by atoms with van der Waals surface area (Å²) in [6, 6.07) is 10.4. The summed E-state index contributed by atoms with van der Waals surface area (Å²) in [5, 5.41) is 10.9. The number of benzene rings is 2. The number of nitrogens with zero attached hydrogens (tertiary/aromatic N) is 1. The number of hydrogen-bond acceptors (Lipinski definition) is 5. The third-order valence-electron chi connectivity index (χ3n) is 2.72. The smallest absolute Gasteiger partial charge is 0.339 e. The topological polar surface area (TPSA) is 86.5 Å². The predicted octanol–water partition coefficient (Wildman–Crippen LogP) is 3.28. The Morgan fingerprint density at radius 1 is 1.19 bits per heavy atom. The molecule has 21 heavy (non-hydrogen) atoms. The van der Waals surface area contributed by atoms with Crippen molar-refractivity contribution in [2.24, 2.45) is 0 Å². The van der Waals surface area contributed by atoms with E-state index >= 15 is 0 Å². The molecule has 0 saturated heterocycles. The minimum absolute atomic E-state index is 0.0492. The standard InChI is InChI=1S/C13H10INO5S/c1-9-12(15(16)17)6-3-7-13(9)21(18,19)20-11-5-2-4-10(14)8-11/h2-8H,1H3. The maximum absolute atomic E-state index is 12.3. The summed E-state index contributed by atoms with van der Waals surface area (Å²) in [6.07, 6.45) is 0. The van der Waals surface area contributed by atoms with E-state index in [0.29, 0.717) is 0 Å². The summed E-state index contributed by atoms with van der Waals surface area (Å²) in [7, 11) is -4.12.